The summed E-state index contributed by atoms with van der Waals surface area (Å²) >= 11 is 0. The van der Waals surface area contributed by atoms with E-state index in [2.05, 4.69) is 0 Å². The largest absolute Gasteiger partial charge is 0.496 e. The zero-order chi connectivity index (χ0) is 16.0. The Morgan fingerprint density at radius 1 is 1.29 bits per heavy atom. The number of hydrogen-bond donors (Lipinski definition) is 1. The Labute approximate surface area is 127 Å². The average Bonchev–Trinajstić information content (AvgIpc) is 2.36. The quantitative estimate of drug-likeness (QED) is 0.825. The predicted octanol–water partition coefficient (Wildman–Crippen LogP) is 1.36. The van der Waals surface area contributed by atoms with Crippen LogP contribution in [0.3, 0.4) is 0 Å². The lowest BCUT2D eigenvalue weighted by molar-refractivity contribution is -0.131. The Bertz CT molecular complexity index is 469. The van der Waals surface area contributed by atoms with Gasteiger partial charge in [-0.05, 0) is 27.0 Å². The van der Waals surface area contributed by atoms with Gasteiger partial charge in [0.05, 0.1) is 19.3 Å². The van der Waals surface area contributed by atoms with Gasteiger partial charge in [-0.15, -0.1) is 0 Å². The van der Waals surface area contributed by atoms with Crippen LogP contribution < -0.4 is 4.74 Å². The van der Waals surface area contributed by atoms with Gasteiger partial charge in [0.1, 0.15) is 5.75 Å². The summed E-state index contributed by atoms with van der Waals surface area (Å²) in [6.07, 6.45) is 0. The molecular weight excluding hydrogens is 268 g/mol. The standard InChI is InChI=1S/C16H26N2O3/c1-16(2,20)12-17(3)11-15(19)18(4)10-13-8-6-7-9-14(13)21-5/h6-9,20H,10-12H2,1-5H3. The first-order valence-electron chi connectivity index (χ1n) is 6.99. The van der Waals surface area contributed by atoms with Crippen LogP contribution in [0, 0.1) is 0 Å². The Morgan fingerprint density at radius 3 is 2.48 bits per heavy atom. The van der Waals surface area contributed by atoms with Crippen LogP contribution in [0.4, 0.5) is 0 Å². The van der Waals surface area contributed by atoms with E-state index >= 15 is 0 Å². The fraction of sp³-hybridized carbons (Fsp3) is 0.562. The minimum atomic E-state index is -0.809. The van der Waals surface area contributed by atoms with Crippen molar-refractivity contribution in [3.63, 3.8) is 0 Å². The molecule has 5 heteroatoms. The summed E-state index contributed by atoms with van der Waals surface area (Å²) in [5.41, 5.74) is 0.164. The van der Waals surface area contributed by atoms with Gasteiger partial charge in [0.25, 0.3) is 0 Å². The summed E-state index contributed by atoms with van der Waals surface area (Å²) in [6.45, 7) is 4.68. The molecule has 0 atom stereocenters. The third kappa shape index (κ3) is 6.14. The summed E-state index contributed by atoms with van der Waals surface area (Å²) in [6, 6.07) is 7.66. The van der Waals surface area contributed by atoms with Gasteiger partial charge >= 0.3 is 0 Å². The van der Waals surface area contributed by atoms with Crippen LogP contribution in [0.5, 0.6) is 5.75 Å². The number of benzene rings is 1. The number of methoxy groups -OCH3 is 1. The van der Waals surface area contributed by atoms with Crippen molar-refractivity contribution in [2.75, 3.05) is 34.3 Å². The highest BCUT2D eigenvalue weighted by atomic mass is 16.5. The number of rotatable bonds is 7. The third-order valence-electron chi connectivity index (χ3n) is 3.09. The molecule has 0 radical (unpaired) electrons. The number of likely N-dealkylation sites (N-methyl/N-ethyl adjacent to an activating group) is 2. The average molecular weight is 294 g/mol. The summed E-state index contributed by atoms with van der Waals surface area (Å²) in [7, 11) is 5.22. The summed E-state index contributed by atoms with van der Waals surface area (Å²) < 4.78 is 5.29. The van der Waals surface area contributed by atoms with Gasteiger partial charge in [-0.3, -0.25) is 9.69 Å². The van der Waals surface area contributed by atoms with E-state index in [0.717, 1.165) is 11.3 Å². The van der Waals surface area contributed by atoms with E-state index in [-0.39, 0.29) is 12.5 Å². The van der Waals surface area contributed by atoms with Gasteiger partial charge in [0.15, 0.2) is 0 Å². The molecule has 0 aliphatic carbocycles. The molecule has 1 N–H and O–H groups in total. The van der Waals surface area contributed by atoms with E-state index in [1.807, 2.05) is 36.2 Å². The minimum absolute atomic E-state index is 0.00709. The van der Waals surface area contributed by atoms with Crippen LogP contribution in [-0.2, 0) is 11.3 Å². The number of nitrogens with zero attached hydrogens (tertiary/aromatic N) is 2. The molecule has 0 bridgehead atoms. The molecule has 5 nitrogen and oxygen atoms in total. The number of carbonyl (C=O) groups excluding carboxylic acids is 1. The summed E-state index contributed by atoms with van der Waals surface area (Å²) in [5.74, 6) is 0.787. The molecule has 0 aliphatic rings. The van der Waals surface area contributed by atoms with Crippen molar-refractivity contribution >= 4 is 5.91 Å². The third-order valence-corrected chi connectivity index (χ3v) is 3.09. The molecule has 1 aromatic rings. The second-order valence-corrected chi connectivity index (χ2v) is 6.05. The number of para-hydroxylation sites is 1. The number of hydrogen-bond acceptors (Lipinski definition) is 4. The fourth-order valence-corrected chi connectivity index (χ4v) is 2.25. The van der Waals surface area contributed by atoms with Crippen molar-refractivity contribution in [1.82, 2.24) is 9.80 Å². The molecule has 1 rings (SSSR count). The monoisotopic (exact) mass is 294 g/mol. The Morgan fingerprint density at radius 2 is 1.90 bits per heavy atom. The highest BCUT2D eigenvalue weighted by molar-refractivity contribution is 5.78. The lowest BCUT2D eigenvalue weighted by Crippen LogP contribution is -2.42. The lowest BCUT2D eigenvalue weighted by Gasteiger charge is -2.27. The van der Waals surface area contributed by atoms with Crippen LogP contribution in [0.25, 0.3) is 0 Å². The minimum Gasteiger partial charge on any atom is -0.496 e. The van der Waals surface area contributed by atoms with Gasteiger partial charge in [0.2, 0.25) is 5.91 Å². The highest BCUT2D eigenvalue weighted by Crippen LogP contribution is 2.18. The Balaban J connectivity index is 2.59. The summed E-state index contributed by atoms with van der Waals surface area (Å²) in [5, 5.41) is 9.76. The van der Waals surface area contributed by atoms with Crippen molar-refractivity contribution < 1.29 is 14.6 Å². The molecule has 0 saturated heterocycles. The first-order valence-corrected chi connectivity index (χ1v) is 6.99. The number of amides is 1. The van der Waals surface area contributed by atoms with Gasteiger partial charge in [-0.25, -0.2) is 0 Å². The van der Waals surface area contributed by atoms with E-state index in [1.165, 1.54) is 0 Å². The first kappa shape index (κ1) is 17.5. The van der Waals surface area contributed by atoms with Gasteiger partial charge < -0.3 is 14.7 Å². The zero-order valence-electron chi connectivity index (χ0n) is 13.6. The highest BCUT2D eigenvalue weighted by Gasteiger charge is 2.19. The van der Waals surface area contributed by atoms with Crippen LogP contribution in [0.2, 0.25) is 0 Å². The predicted molar refractivity (Wildman–Crippen MR) is 83.3 cm³/mol. The van der Waals surface area contributed by atoms with Crippen molar-refractivity contribution in [2.45, 2.75) is 26.0 Å². The van der Waals surface area contributed by atoms with Crippen LogP contribution in [0.1, 0.15) is 19.4 Å². The van der Waals surface area contributed by atoms with E-state index in [9.17, 15) is 9.90 Å². The lowest BCUT2D eigenvalue weighted by atomic mass is 10.1. The first-order chi connectivity index (χ1) is 9.73. The molecule has 0 fully saturated rings. The number of ether oxygens (including phenoxy) is 1. The molecule has 1 amide bonds. The van der Waals surface area contributed by atoms with Gasteiger partial charge in [-0.2, -0.15) is 0 Å². The SMILES string of the molecule is COc1ccccc1CN(C)C(=O)CN(C)CC(C)(C)O. The van der Waals surface area contributed by atoms with Crippen molar-refractivity contribution in [3.8, 4) is 5.75 Å². The number of aliphatic hydroxyl groups is 1. The molecule has 0 aromatic heterocycles. The van der Waals surface area contributed by atoms with Crippen LogP contribution >= 0.6 is 0 Å². The molecule has 0 spiro atoms. The van der Waals surface area contributed by atoms with Crippen LogP contribution in [-0.4, -0.2) is 60.7 Å². The van der Waals surface area contributed by atoms with E-state index in [4.69, 9.17) is 4.74 Å². The van der Waals surface area contributed by atoms with Crippen molar-refractivity contribution in [1.29, 1.82) is 0 Å². The molecule has 0 aliphatic heterocycles. The smallest absolute Gasteiger partial charge is 0.236 e. The second-order valence-electron chi connectivity index (χ2n) is 6.05. The molecule has 0 unspecified atom stereocenters. The number of carbonyl (C=O) groups is 1. The summed E-state index contributed by atoms with van der Waals surface area (Å²) in [4.78, 5) is 15.7. The molecule has 21 heavy (non-hydrogen) atoms. The molecular formula is C16H26N2O3. The fourth-order valence-electron chi connectivity index (χ4n) is 2.25. The molecule has 0 saturated carbocycles. The van der Waals surface area contributed by atoms with Gasteiger partial charge in [-0.1, -0.05) is 18.2 Å². The maximum atomic E-state index is 12.2. The van der Waals surface area contributed by atoms with E-state index < -0.39 is 5.60 Å². The Hall–Kier alpha value is -1.59. The maximum Gasteiger partial charge on any atom is 0.236 e. The molecule has 1 aromatic carbocycles. The maximum absolute atomic E-state index is 12.2. The zero-order valence-corrected chi connectivity index (χ0v) is 13.6. The van der Waals surface area contributed by atoms with Crippen molar-refractivity contribution in [3.05, 3.63) is 29.8 Å². The molecule has 0 heterocycles. The van der Waals surface area contributed by atoms with Crippen molar-refractivity contribution in [2.24, 2.45) is 0 Å². The van der Waals surface area contributed by atoms with Crippen LogP contribution in [0.15, 0.2) is 24.3 Å². The Kier molecular flexibility index (Phi) is 6.18. The molecule has 118 valence electrons. The van der Waals surface area contributed by atoms with E-state index in [1.54, 1.807) is 32.9 Å². The van der Waals surface area contributed by atoms with E-state index in [0.29, 0.717) is 13.1 Å². The van der Waals surface area contributed by atoms with Gasteiger partial charge in [0, 0.05) is 25.7 Å². The normalized spacial score (nSPS) is 11.6. The second kappa shape index (κ2) is 7.43. The topological polar surface area (TPSA) is 53.0 Å².